The SMILES string of the molecule is O=C(O)CCSc1nnc(-c2ccccc2)c(=O)[nH]1. The van der Waals surface area contributed by atoms with Crippen molar-refractivity contribution in [3.63, 3.8) is 0 Å². The van der Waals surface area contributed by atoms with E-state index >= 15 is 0 Å². The quantitative estimate of drug-likeness (QED) is 0.802. The summed E-state index contributed by atoms with van der Waals surface area (Å²) in [4.78, 5) is 24.8. The van der Waals surface area contributed by atoms with Crippen LogP contribution in [-0.4, -0.2) is 32.0 Å². The largest absolute Gasteiger partial charge is 0.481 e. The molecule has 0 unspecified atom stereocenters. The number of aliphatic carboxylic acids is 1. The van der Waals surface area contributed by atoms with Crippen molar-refractivity contribution < 1.29 is 9.90 Å². The van der Waals surface area contributed by atoms with Gasteiger partial charge in [-0.3, -0.25) is 14.6 Å². The summed E-state index contributed by atoms with van der Waals surface area (Å²) < 4.78 is 0. The third kappa shape index (κ3) is 3.65. The second-order valence-corrected chi connectivity index (χ2v) is 4.75. The molecular weight excluding hydrogens is 266 g/mol. The molecule has 2 rings (SSSR count). The Kier molecular flexibility index (Phi) is 4.30. The van der Waals surface area contributed by atoms with E-state index < -0.39 is 5.97 Å². The van der Waals surface area contributed by atoms with Crippen LogP contribution in [0.1, 0.15) is 6.42 Å². The Balaban J connectivity index is 2.14. The summed E-state index contributed by atoms with van der Waals surface area (Å²) in [6.07, 6.45) is 0.00874. The molecule has 0 fully saturated rings. The van der Waals surface area contributed by atoms with Crippen molar-refractivity contribution in [1.82, 2.24) is 15.2 Å². The van der Waals surface area contributed by atoms with Crippen molar-refractivity contribution in [2.45, 2.75) is 11.6 Å². The minimum Gasteiger partial charge on any atom is -0.481 e. The minimum atomic E-state index is -0.885. The maximum absolute atomic E-state index is 11.8. The Bertz CT molecular complexity index is 628. The fraction of sp³-hybridized carbons (Fsp3) is 0.167. The number of aromatic amines is 1. The molecule has 0 aliphatic heterocycles. The van der Waals surface area contributed by atoms with Gasteiger partial charge in [0.25, 0.3) is 5.56 Å². The molecule has 1 aromatic carbocycles. The Labute approximate surface area is 112 Å². The Morgan fingerprint density at radius 2 is 2.00 bits per heavy atom. The highest BCUT2D eigenvalue weighted by molar-refractivity contribution is 7.99. The summed E-state index contributed by atoms with van der Waals surface area (Å²) in [6.45, 7) is 0. The molecule has 0 aliphatic carbocycles. The first-order chi connectivity index (χ1) is 9.16. The Morgan fingerprint density at radius 3 is 2.63 bits per heavy atom. The van der Waals surface area contributed by atoms with E-state index in [-0.39, 0.29) is 17.7 Å². The lowest BCUT2D eigenvalue weighted by Gasteiger charge is -2.01. The lowest BCUT2D eigenvalue weighted by Crippen LogP contribution is -2.14. The van der Waals surface area contributed by atoms with Crippen LogP contribution < -0.4 is 5.56 Å². The molecule has 0 saturated carbocycles. The van der Waals surface area contributed by atoms with E-state index in [1.165, 1.54) is 0 Å². The zero-order chi connectivity index (χ0) is 13.7. The average molecular weight is 277 g/mol. The maximum Gasteiger partial charge on any atom is 0.304 e. The molecular formula is C12H11N3O3S. The summed E-state index contributed by atoms with van der Waals surface area (Å²) in [5.41, 5.74) is 0.612. The summed E-state index contributed by atoms with van der Waals surface area (Å²) >= 11 is 1.16. The fourth-order valence-corrected chi connectivity index (χ4v) is 2.14. The van der Waals surface area contributed by atoms with Crippen molar-refractivity contribution in [2.24, 2.45) is 0 Å². The number of carbonyl (C=O) groups is 1. The molecule has 0 radical (unpaired) electrons. The molecule has 98 valence electrons. The number of aromatic nitrogens is 3. The third-order valence-electron chi connectivity index (χ3n) is 2.28. The number of carboxylic acid groups (broad SMARTS) is 1. The van der Waals surface area contributed by atoms with Gasteiger partial charge in [0.2, 0.25) is 0 Å². The lowest BCUT2D eigenvalue weighted by molar-refractivity contribution is -0.136. The lowest BCUT2D eigenvalue weighted by atomic mass is 10.2. The number of carboxylic acids is 1. The topological polar surface area (TPSA) is 95.9 Å². The zero-order valence-corrected chi connectivity index (χ0v) is 10.7. The molecule has 7 heteroatoms. The molecule has 1 aromatic heterocycles. The van der Waals surface area contributed by atoms with Gasteiger partial charge in [0.1, 0.15) is 0 Å². The van der Waals surface area contributed by atoms with Crippen LogP contribution in [0.2, 0.25) is 0 Å². The average Bonchev–Trinajstić information content (AvgIpc) is 2.39. The van der Waals surface area contributed by atoms with Crippen molar-refractivity contribution in [2.75, 3.05) is 5.75 Å². The van der Waals surface area contributed by atoms with Crippen molar-refractivity contribution >= 4 is 17.7 Å². The number of nitrogens with one attached hydrogen (secondary N) is 1. The first-order valence-corrected chi connectivity index (χ1v) is 6.52. The summed E-state index contributed by atoms with van der Waals surface area (Å²) in [5.74, 6) is -0.548. The van der Waals surface area contributed by atoms with Crippen LogP contribution >= 0.6 is 11.8 Å². The number of rotatable bonds is 5. The summed E-state index contributed by atoms with van der Waals surface area (Å²) in [7, 11) is 0. The van der Waals surface area contributed by atoms with Gasteiger partial charge in [-0.15, -0.1) is 10.2 Å². The van der Waals surface area contributed by atoms with Crippen LogP contribution in [0.15, 0.2) is 40.3 Å². The predicted octanol–water partition coefficient (Wildman–Crippen LogP) is 1.40. The molecule has 0 atom stereocenters. The van der Waals surface area contributed by atoms with E-state index in [1.807, 2.05) is 18.2 Å². The molecule has 2 aromatic rings. The van der Waals surface area contributed by atoms with Gasteiger partial charge in [0, 0.05) is 11.3 Å². The third-order valence-corrected chi connectivity index (χ3v) is 3.14. The first-order valence-electron chi connectivity index (χ1n) is 5.54. The van der Waals surface area contributed by atoms with E-state index in [0.717, 1.165) is 11.8 Å². The minimum absolute atomic E-state index is 0.00874. The molecule has 0 amide bonds. The van der Waals surface area contributed by atoms with Gasteiger partial charge in [0.15, 0.2) is 10.9 Å². The second-order valence-electron chi connectivity index (χ2n) is 3.67. The van der Waals surface area contributed by atoms with Crippen molar-refractivity contribution in [3.05, 3.63) is 40.7 Å². The Morgan fingerprint density at radius 1 is 1.26 bits per heavy atom. The van der Waals surface area contributed by atoms with E-state index in [2.05, 4.69) is 15.2 Å². The fourth-order valence-electron chi connectivity index (χ4n) is 1.41. The second kappa shape index (κ2) is 6.14. The van der Waals surface area contributed by atoms with Gasteiger partial charge in [-0.25, -0.2) is 0 Å². The van der Waals surface area contributed by atoms with E-state index in [9.17, 15) is 9.59 Å². The molecule has 1 heterocycles. The first kappa shape index (κ1) is 13.3. The van der Waals surface area contributed by atoms with Gasteiger partial charge < -0.3 is 5.11 Å². The highest BCUT2D eigenvalue weighted by Crippen LogP contribution is 2.14. The van der Waals surface area contributed by atoms with Crippen LogP contribution in [0.3, 0.4) is 0 Å². The van der Waals surface area contributed by atoms with Gasteiger partial charge in [-0.1, -0.05) is 42.1 Å². The van der Waals surface area contributed by atoms with Gasteiger partial charge in [0.05, 0.1) is 6.42 Å². The maximum atomic E-state index is 11.8. The standard InChI is InChI=1S/C12H11N3O3S/c16-9(17)6-7-19-12-13-11(18)10(14-15-12)8-4-2-1-3-5-8/h1-5H,6-7H2,(H,16,17)(H,13,15,18). The summed E-state index contributed by atoms with van der Waals surface area (Å²) in [5, 5.41) is 16.6. The number of hydrogen-bond donors (Lipinski definition) is 2. The number of H-pyrrole nitrogens is 1. The molecule has 6 nitrogen and oxygen atoms in total. The monoisotopic (exact) mass is 277 g/mol. The number of hydrogen-bond acceptors (Lipinski definition) is 5. The van der Waals surface area contributed by atoms with Crippen LogP contribution in [0.25, 0.3) is 11.3 Å². The molecule has 2 N–H and O–H groups in total. The van der Waals surface area contributed by atoms with Gasteiger partial charge in [-0.2, -0.15) is 0 Å². The van der Waals surface area contributed by atoms with Crippen molar-refractivity contribution in [3.8, 4) is 11.3 Å². The van der Waals surface area contributed by atoms with Crippen LogP contribution in [-0.2, 0) is 4.79 Å². The molecule has 0 bridgehead atoms. The molecule has 0 spiro atoms. The number of benzene rings is 1. The van der Waals surface area contributed by atoms with Crippen molar-refractivity contribution in [1.29, 1.82) is 0 Å². The van der Waals surface area contributed by atoms with Gasteiger partial charge >= 0.3 is 5.97 Å². The molecule has 0 aliphatic rings. The number of nitrogens with zero attached hydrogens (tertiary/aromatic N) is 2. The number of thioether (sulfide) groups is 1. The normalized spacial score (nSPS) is 10.3. The van der Waals surface area contributed by atoms with Crippen LogP contribution in [0.4, 0.5) is 0 Å². The van der Waals surface area contributed by atoms with Crippen LogP contribution in [0, 0.1) is 0 Å². The smallest absolute Gasteiger partial charge is 0.304 e. The Hall–Kier alpha value is -2.15. The molecule has 19 heavy (non-hydrogen) atoms. The zero-order valence-electron chi connectivity index (χ0n) is 9.87. The van der Waals surface area contributed by atoms with E-state index in [1.54, 1.807) is 12.1 Å². The summed E-state index contributed by atoms with van der Waals surface area (Å²) in [6, 6.07) is 9.02. The van der Waals surface area contributed by atoms with E-state index in [4.69, 9.17) is 5.11 Å². The highest BCUT2D eigenvalue weighted by atomic mass is 32.2. The molecule has 0 saturated heterocycles. The highest BCUT2D eigenvalue weighted by Gasteiger charge is 2.07. The van der Waals surface area contributed by atoms with E-state index in [0.29, 0.717) is 16.5 Å². The van der Waals surface area contributed by atoms with Crippen LogP contribution in [0.5, 0.6) is 0 Å². The predicted molar refractivity (Wildman–Crippen MR) is 71.1 cm³/mol. The van der Waals surface area contributed by atoms with Gasteiger partial charge in [-0.05, 0) is 0 Å².